The highest BCUT2D eigenvalue weighted by Gasteiger charge is 2.19. The summed E-state index contributed by atoms with van der Waals surface area (Å²) in [7, 11) is 0. The van der Waals surface area contributed by atoms with Gasteiger partial charge in [0, 0.05) is 35.7 Å². The third-order valence-corrected chi connectivity index (χ3v) is 3.54. The Morgan fingerprint density at radius 2 is 2.00 bits per heavy atom. The van der Waals surface area contributed by atoms with Gasteiger partial charge in [0.05, 0.1) is 4.47 Å². The molecule has 0 unspecified atom stereocenters. The van der Waals surface area contributed by atoms with E-state index in [-0.39, 0.29) is 18.4 Å². The Morgan fingerprint density at radius 1 is 1.25 bits per heavy atom. The van der Waals surface area contributed by atoms with Gasteiger partial charge < -0.3 is 15.7 Å². The molecule has 2 rings (SSSR count). The fourth-order valence-electron chi connectivity index (χ4n) is 1.72. The van der Waals surface area contributed by atoms with E-state index in [1.807, 2.05) is 12.1 Å². The summed E-state index contributed by atoms with van der Waals surface area (Å²) in [4.78, 5) is 0. The number of piperazine rings is 1. The fourth-order valence-corrected chi connectivity index (χ4v) is 2.98. The summed E-state index contributed by atoms with van der Waals surface area (Å²) in [5.74, 6) is 0.319. The summed E-state index contributed by atoms with van der Waals surface area (Å²) in [5.41, 5.74) is 0.920. The normalized spacial score (nSPS) is 20.2. The van der Waals surface area contributed by atoms with Gasteiger partial charge in [0.1, 0.15) is 5.75 Å². The molecule has 0 spiro atoms. The fraction of sp³-hybridized carbons (Fsp3) is 0.400. The van der Waals surface area contributed by atoms with Crippen molar-refractivity contribution in [3.63, 3.8) is 0 Å². The van der Waals surface area contributed by atoms with Crippen LogP contribution >= 0.6 is 44.3 Å². The zero-order valence-corrected chi connectivity index (χ0v) is 12.5. The number of hydrogen-bond acceptors (Lipinski definition) is 3. The number of rotatable bonds is 1. The molecule has 0 radical (unpaired) electrons. The molecular weight excluding hydrogens is 359 g/mol. The first-order valence-electron chi connectivity index (χ1n) is 4.80. The lowest BCUT2D eigenvalue weighted by molar-refractivity contribution is 0.403. The minimum atomic E-state index is 0. The van der Waals surface area contributed by atoms with Crippen LogP contribution in [-0.2, 0) is 0 Å². The minimum absolute atomic E-state index is 0. The first kappa shape index (κ1) is 14.3. The molecule has 0 aliphatic carbocycles. The Morgan fingerprint density at radius 3 is 2.62 bits per heavy atom. The lowest BCUT2D eigenvalue weighted by Crippen LogP contribution is -2.42. The largest absolute Gasteiger partial charge is 0.506 e. The van der Waals surface area contributed by atoms with Crippen LogP contribution in [0.5, 0.6) is 5.75 Å². The van der Waals surface area contributed by atoms with E-state index in [0.717, 1.165) is 34.1 Å². The minimum Gasteiger partial charge on any atom is -0.506 e. The molecule has 6 heteroatoms. The number of nitrogens with one attached hydrogen (secondary N) is 2. The van der Waals surface area contributed by atoms with E-state index in [1.165, 1.54) is 0 Å². The van der Waals surface area contributed by atoms with Crippen LogP contribution in [0.1, 0.15) is 11.6 Å². The zero-order valence-electron chi connectivity index (χ0n) is 8.46. The number of halogens is 3. The molecule has 0 bridgehead atoms. The summed E-state index contributed by atoms with van der Waals surface area (Å²) in [6.07, 6.45) is 0. The maximum Gasteiger partial charge on any atom is 0.134 e. The molecule has 1 heterocycles. The first-order chi connectivity index (χ1) is 7.18. The van der Waals surface area contributed by atoms with Crippen molar-refractivity contribution in [3.05, 3.63) is 26.6 Å². The van der Waals surface area contributed by atoms with Gasteiger partial charge in [-0.25, -0.2) is 0 Å². The second-order valence-electron chi connectivity index (χ2n) is 3.54. The molecular formula is C10H13Br2ClN2O. The van der Waals surface area contributed by atoms with Crippen LogP contribution < -0.4 is 10.6 Å². The molecule has 0 amide bonds. The van der Waals surface area contributed by atoms with Gasteiger partial charge in [0.2, 0.25) is 0 Å². The predicted molar refractivity (Wildman–Crippen MR) is 74.4 cm³/mol. The molecule has 3 N–H and O–H groups in total. The quantitative estimate of drug-likeness (QED) is 0.710. The third-order valence-electron chi connectivity index (χ3n) is 2.47. The van der Waals surface area contributed by atoms with Crippen LogP contribution in [0.3, 0.4) is 0 Å². The number of hydrogen-bond donors (Lipinski definition) is 3. The van der Waals surface area contributed by atoms with Crippen molar-refractivity contribution < 1.29 is 5.11 Å². The topological polar surface area (TPSA) is 44.3 Å². The molecule has 1 saturated heterocycles. The highest BCUT2D eigenvalue weighted by molar-refractivity contribution is 9.11. The van der Waals surface area contributed by atoms with E-state index >= 15 is 0 Å². The maximum atomic E-state index is 9.94. The van der Waals surface area contributed by atoms with E-state index in [1.54, 1.807) is 0 Å². The Kier molecular flexibility index (Phi) is 5.53. The molecule has 3 nitrogen and oxygen atoms in total. The summed E-state index contributed by atoms with van der Waals surface area (Å²) in [5, 5.41) is 16.6. The Hall–Kier alpha value is 0.190. The first-order valence-corrected chi connectivity index (χ1v) is 6.39. The average Bonchev–Trinajstić information content (AvgIpc) is 2.24. The number of phenols is 1. The van der Waals surface area contributed by atoms with Crippen molar-refractivity contribution >= 4 is 44.3 Å². The van der Waals surface area contributed by atoms with Gasteiger partial charge >= 0.3 is 0 Å². The van der Waals surface area contributed by atoms with E-state index in [4.69, 9.17) is 0 Å². The highest BCUT2D eigenvalue weighted by Crippen LogP contribution is 2.35. The van der Waals surface area contributed by atoms with E-state index in [9.17, 15) is 5.11 Å². The molecule has 1 aromatic carbocycles. The molecule has 1 aliphatic heterocycles. The van der Waals surface area contributed by atoms with Crippen LogP contribution in [0.2, 0.25) is 0 Å². The van der Waals surface area contributed by atoms with E-state index in [0.29, 0.717) is 5.75 Å². The summed E-state index contributed by atoms with van der Waals surface area (Å²) in [6, 6.07) is 3.97. The maximum absolute atomic E-state index is 9.94. The van der Waals surface area contributed by atoms with Gasteiger partial charge in [0.15, 0.2) is 0 Å². The van der Waals surface area contributed by atoms with Gasteiger partial charge in [-0.1, -0.05) is 15.9 Å². The average molecular weight is 372 g/mol. The van der Waals surface area contributed by atoms with Crippen molar-refractivity contribution in [2.75, 3.05) is 19.6 Å². The molecule has 16 heavy (non-hydrogen) atoms. The Labute approximate surface area is 118 Å². The summed E-state index contributed by atoms with van der Waals surface area (Å²) in [6.45, 7) is 2.75. The highest BCUT2D eigenvalue weighted by atomic mass is 79.9. The second-order valence-corrected chi connectivity index (χ2v) is 5.31. The smallest absolute Gasteiger partial charge is 0.134 e. The van der Waals surface area contributed by atoms with Crippen LogP contribution in [0.25, 0.3) is 0 Å². The van der Waals surface area contributed by atoms with Crippen LogP contribution in [0.4, 0.5) is 0 Å². The third kappa shape index (κ3) is 3.11. The monoisotopic (exact) mass is 370 g/mol. The SMILES string of the molecule is Cl.Oc1c(Br)cc(Br)cc1[C@H]1CNCCN1. The molecule has 1 aromatic rings. The molecule has 1 fully saturated rings. The molecule has 0 aromatic heterocycles. The number of aromatic hydroxyl groups is 1. The van der Waals surface area contributed by atoms with Gasteiger partial charge in [-0.15, -0.1) is 12.4 Å². The van der Waals surface area contributed by atoms with Crippen molar-refractivity contribution in [1.29, 1.82) is 0 Å². The number of phenolic OH excluding ortho intramolecular Hbond substituents is 1. The van der Waals surface area contributed by atoms with Crippen LogP contribution in [0, 0.1) is 0 Å². The molecule has 90 valence electrons. The predicted octanol–water partition coefficient (Wildman–Crippen LogP) is 2.57. The van der Waals surface area contributed by atoms with Gasteiger partial charge in [-0.05, 0) is 28.1 Å². The summed E-state index contributed by atoms with van der Waals surface area (Å²) < 4.78 is 1.69. The van der Waals surface area contributed by atoms with Crippen molar-refractivity contribution in [2.24, 2.45) is 0 Å². The Bertz CT molecular complexity index is 370. The lowest BCUT2D eigenvalue weighted by Gasteiger charge is -2.25. The number of benzene rings is 1. The van der Waals surface area contributed by atoms with Gasteiger partial charge in [-0.2, -0.15) is 0 Å². The Balaban J connectivity index is 0.00000128. The molecule has 1 aliphatic rings. The molecule has 0 saturated carbocycles. The standard InChI is InChI=1S/C10H12Br2N2O.ClH/c11-6-3-7(10(15)8(12)4-6)9-5-13-1-2-14-9;/h3-4,9,13-15H,1-2,5H2;1H/t9-;/m1./s1. The van der Waals surface area contributed by atoms with Crippen molar-refractivity contribution in [3.8, 4) is 5.75 Å². The molecule has 1 atom stereocenters. The van der Waals surface area contributed by atoms with E-state index in [2.05, 4.69) is 42.5 Å². The van der Waals surface area contributed by atoms with E-state index < -0.39 is 0 Å². The lowest BCUT2D eigenvalue weighted by atomic mass is 10.0. The second kappa shape index (κ2) is 6.21. The van der Waals surface area contributed by atoms with Crippen molar-refractivity contribution in [1.82, 2.24) is 10.6 Å². The van der Waals surface area contributed by atoms with Gasteiger partial charge in [0.25, 0.3) is 0 Å². The van der Waals surface area contributed by atoms with Crippen molar-refractivity contribution in [2.45, 2.75) is 6.04 Å². The van der Waals surface area contributed by atoms with Crippen LogP contribution in [-0.4, -0.2) is 24.7 Å². The zero-order chi connectivity index (χ0) is 10.8. The van der Waals surface area contributed by atoms with Crippen LogP contribution in [0.15, 0.2) is 21.1 Å². The van der Waals surface area contributed by atoms with Gasteiger partial charge in [-0.3, -0.25) is 0 Å². The summed E-state index contributed by atoms with van der Waals surface area (Å²) >= 11 is 6.76.